The van der Waals surface area contributed by atoms with E-state index in [2.05, 4.69) is 59.4 Å². The highest BCUT2D eigenvalue weighted by atomic mass is 31.2. The average Bonchev–Trinajstić information content (AvgIpc) is 3.24. The highest BCUT2D eigenvalue weighted by Crippen LogP contribution is 2.43. The summed E-state index contributed by atoms with van der Waals surface area (Å²) in [5.74, 6) is -0.253. The van der Waals surface area contributed by atoms with Crippen molar-refractivity contribution < 1.29 is 66.7 Å². The molecule has 5 atom stereocenters. The summed E-state index contributed by atoms with van der Waals surface area (Å²) < 4.78 is 47.8. The van der Waals surface area contributed by atoms with E-state index >= 15 is 0 Å². The molecule has 0 bridgehead atoms. The quantitative estimate of drug-likeness (QED) is 0.0166. The van der Waals surface area contributed by atoms with Crippen LogP contribution in [0.4, 0.5) is 0 Å². The fraction of sp³-hybridized carbons (Fsp3) is 0.787. The van der Waals surface area contributed by atoms with Gasteiger partial charge in [0.05, 0.1) is 25.9 Å². The van der Waals surface area contributed by atoms with Crippen molar-refractivity contribution in [3.8, 4) is 0 Å². The van der Waals surface area contributed by atoms with E-state index in [0.29, 0.717) is 19.3 Å². The minimum absolute atomic E-state index is 0.0425. The lowest BCUT2D eigenvalue weighted by Gasteiger charge is -2.20. The molecule has 0 rings (SSSR count). The van der Waals surface area contributed by atoms with E-state index in [1.54, 1.807) is 0 Å². The van der Waals surface area contributed by atoms with Gasteiger partial charge in [0.15, 0.2) is 6.10 Å². The Morgan fingerprint density at radius 2 is 0.968 bits per heavy atom. The van der Waals surface area contributed by atoms with E-state index in [0.717, 1.165) is 63.7 Å². The first kappa shape index (κ1) is 61.0. The summed E-state index contributed by atoms with van der Waals surface area (Å²) in [7, 11) is -9.71. The van der Waals surface area contributed by atoms with Crippen molar-refractivity contribution in [3.05, 3.63) is 48.6 Å². The number of aliphatic hydroxyl groups excluding tert-OH is 2. The summed E-state index contributed by atoms with van der Waals surface area (Å²) in [6.07, 6.45) is 39.0. The second-order valence-corrected chi connectivity index (χ2v) is 19.1. The maximum atomic E-state index is 12.7. The van der Waals surface area contributed by atoms with Gasteiger partial charge in [0.1, 0.15) is 12.7 Å². The van der Waals surface area contributed by atoms with Crippen molar-refractivity contribution >= 4 is 27.6 Å². The molecule has 63 heavy (non-hydrogen) atoms. The smallest absolute Gasteiger partial charge is 0.462 e. The molecular formula is C47H86O14P2. The van der Waals surface area contributed by atoms with E-state index in [1.807, 2.05) is 19.1 Å². The number of ether oxygens (including phenoxy) is 2. The SMILES string of the molecule is CCC(C)CCCCCCCCCCCCCCCCC(=O)OC[C@H](COP(=O)(O)OC[C@@H](O)COP(=O)(O)O)OC(=O)CCC/C=C\C/C=C\C/C=C\C/C=C\CC[C@H](O)CC. The standard InChI is InChI=1S/C47H86O14P2/c1-4-42(3)34-30-26-22-18-14-10-6-8-12-16-20-24-28-32-36-46(50)57-40-45(41-60-63(55,56)59-39-44(49)38-58-62(52,53)54)61-47(51)37-33-29-25-21-17-13-9-7-11-15-19-23-27-31-35-43(48)5-2/h9,11,13,15,21,23,25,27,42-45,48-49H,4-8,10,12,14,16-20,22,24,26,28-41H2,1-3H3,(H,55,56)(H2,52,53,54)/b13-9-,15-11-,25-21-,27-23-/t42?,43-,44+,45-/m1/s1. The number of phosphoric ester groups is 2. The number of hydrogen-bond acceptors (Lipinski definition) is 11. The molecule has 0 saturated heterocycles. The van der Waals surface area contributed by atoms with Crippen molar-refractivity contribution in [3.63, 3.8) is 0 Å². The lowest BCUT2D eigenvalue weighted by molar-refractivity contribution is -0.161. The normalized spacial score (nSPS) is 15.4. The second-order valence-electron chi connectivity index (χ2n) is 16.4. The Bertz CT molecular complexity index is 1330. The van der Waals surface area contributed by atoms with Gasteiger partial charge in [-0.1, -0.05) is 166 Å². The van der Waals surface area contributed by atoms with Crippen LogP contribution in [0.3, 0.4) is 0 Å². The van der Waals surface area contributed by atoms with E-state index in [9.17, 15) is 33.8 Å². The van der Waals surface area contributed by atoms with Crippen LogP contribution < -0.4 is 0 Å². The van der Waals surface area contributed by atoms with Gasteiger partial charge in [-0.05, 0) is 63.7 Å². The molecule has 0 aliphatic carbocycles. The number of allylic oxidation sites excluding steroid dienone is 8. The molecule has 0 spiro atoms. The first-order valence-electron chi connectivity index (χ1n) is 23.8. The predicted octanol–water partition coefficient (Wildman–Crippen LogP) is 11.4. The van der Waals surface area contributed by atoms with Gasteiger partial charge in [0, 0.05) is 12.8 Å². The van der Waals surface area contributed by atoms with Crippen LogP contribution >= 0.6 is 15.6 Å². The minimum Gasteiger partial charge on any atom is -0.462 e. The molecule has 16 heteroatoms. The fourth-order valence-electron chi connectivity index (χ4n) is 6.24. The molecule has 0 saturated carbocycles. The van der Waals surface area contributed by atoms with Crippen LogP contribution in [0.15, 0.2) is 48.6 Å². The lowest BCUT2D eigenvalue weighted by Crippen LogP contribution is -2.29. The van der Waals surface area contributed by atoms with Crippen LogP contribution in [0.5, 0.6) is 0 Å². The molecular weight excluding hydrogens is 850 g/mol. The zero-order valence-corrected chi connectivity index (χ0v) is 40.7. The van der Waals surface area contributed by atoms with Crippen molar-refractivity contribution in [2.45, 2.75) is 206 Å². The third-order valence-electron chi connectivity index (χ3n) is 10.4. The van der Waals surface area contributed by atoms with Gasteiger partial charge in [0.2, 0.25) is 0 Å². The number of unbranched alkanes of at least 4 members (excludes halogenated alkanes) is 14. The van der Waals surface area contributed by atoms with Gasteiger partial charge in [-0.3, -0.25) is 23.2 Å². The zero-order chi connectivity index (χ0) is 46.9. The van der Waals surface area contributed by atoms with Crippen molar-refractivity contribution in [2.75, 3.05) is 26.4 Å². The molecule has 0 radical (unpaired) electrons. The van der Waals surface area contributed by atoms with Crippen LogP contribution in [-0.2, 0) is 41.8 Å². The summed E-state index contributed by atoms with van der Waals surface area (Å²) in [6, 6.07) is 0. The summed E-state index contributed by atoms with van der Waals surface area (Å²) >= 11 is 0. The van der Waals surface area contributed by atoms with E-state index in [1.165, 1.54) is 77.0 Å². The highest BCUT2D eigenvalue weighted by molar-refractivity contribution is 7.47. The number of hydrogen-bond donors (Lipinski definition) is 5. The summed E-state index contributed by atoms with van der Waals surface area (Å²) in [5.41, 5.74) is 0. The molecule has 0 aromatic heterocycles. The number of esters is 2. The molecule has 0 aliphatic rings. The Morgan fingerprint density at radius 1 is 0.508 bits per heavy atom. The van der Waals surface area contributed by atoms with Crippen LogP contribution in [-0.4, -0.2) is 81.6 Å². The Balaban J connectivity index is 4.55. The Hall–Kier alpha value is -1.96. The van der Waals surface area contributed by atoms with Gasteiger partial charge in [-0.25, -0.2) is 9.13 Å². The molecule has 0 aromatic carbocycles. The number of rotatable bonds is 44. The van der Waals surface area contributed by atoms with Crippen LogP contribution in [0.2, 0.25) is 0 Å². The second kappa shape index (κ2) is 41.5. The van der Waals surface area contributed by atoms with Gasteiger partial charge < -0.3 is 34.4 Å². The first-order valence-corrected chi connectivity index (χ1v) is 26.8. The number of carbonyl (C=O) groups excluding carboxylic acids is 2. The predicted molar refractivity (Wildman–Crippen MR) is 250 cm³/mol. The van der Waals surface area contributed by atoms with Gasteiger partial charge >= 0.3 is 27.6 Å². The van der Waals surface area contributed by atoms with Crippen LogP contribution in [0.1, 0.15) is 188 Å². The summed E-state index contributed by atoms with van der Waals surface area (Å²) in [5, 5.41) is 19.3. The number of carbonyl (C=O) groups is 2. The van der Waals surface area contributed by atoms with Crippen molar-refractivity contribution in [2.24, 2.45) is 5.92 Å². The maximum Gasteiger partial charge on any atom is 0.472 e. The largest absolute Gasteiger partial charge is 0.472 e. The van der Waals surface area contributed by atoms with Gasteiger partial charge in [0.25, 0.3) is 0 Å². The van der Waals surface area contributed by atoms with Crippen molar-refractivity contribution in [1.82, 2.24) is 0 Å². The molecule has 2 unspecified atom stereocenters. The van der Waals surface area contributed by atoms with Gasteiger partial charge in [-0.2, -0.15) is 0 Å². The van der Waals surface area contributed by atoms with Crippen LogP contribution in [0.25, 0.3) is 0 Å². The Morgan fingerprint density at radius 3 is 1.49 bits per heavy atom. The third-order valence-corrected chi connectivity index (χ3v) is 11.9. The molecule has 0 amide bonds. The summed E-state index contributed by atoms with van der Waals surface area (Å²) in [4.78, 5) is 52.8. The molecule has 0 aromatic rings. The number of phosphoric acid groups is 2. The zero-order valence-electron chi connectivity index (χ0n) is 38.9. The van der Waals surface area contributed by atoms with E-state index in [4.69, 9.17) is 23.8 Å². The monoisotopic (exact) mass is 937 g/mol. The topological polar surface area (TPSA) is 216 Å². The van der Waals surface area contributed by atoms with Gasteiger partial charge in [-0.15, -0.1) is 0 Å². The molecule has 0 heterocycles. The molecule has 0 fully saturated rings. The molecule has 368 valence electrons. The van der Waals surface area contributed by atoms with E-state index < -0.39 is 66.2 Å². The number of aliphatic hydroxyl groups is 2. The molecule has 0 aliphatic heterocycles. The fourth-order valence-corrected chi connectivity index (χ4v) is 7.39. The molecule has 14 nitrogen and oxygen atoms in total. The van der Waals surface area contributed by atoms with Crippen LogP contribution in [0, 0.1) is 5.92 Å². The Kier molecular flexibility index (Phi) is 40.2. The maximum absolute atomic E-state index is 12.7. The van der Waals surface area contributed by atoms with Crippen molar-refractivity contribution in [1.29, 1.82) is 0 Å². The van der Waals surface area contributed by atoms with E-state index in [-0.39, 0.29) is 18.9 Å². The first-order chi connectivity index (χ1) is 30.2. The summed E-state index contributed by atoms with van der Waals surface area (Å²) in [6.45, 7) is 3.79. The third kappa shape index (κ3) is 45.0. The highest BCUT2D eigenvalue weighted by Gasteiger charge is 2.28. The minimum atomic E-state index is -4.88. The lowest BCUT2D eigenvalue weighted by atomic mass is 9.99. The average molecular weight is 937 g/mol. The molecule has 5 N–H and O–H groups in total. The Labute approximate surface area is 380 Å².